The molecule has 1 saturated heterocycles. The van der Waals surface area contributed by atoms with Gasteiger partial charge in [-0.05, 0) is 13.0 Å². The first-order valence-electron chi connectivity index (χ1n) is 5.87. The number of hydrogen-bond acceptors (Lipinski definition) is 6. The summed E-state index contributed by atoms with van der Waals surface area (Å²) >= 11 is 1.21. The molecule has 10 heteroatoms. The van der Waals surface area contributed by atoms with Gasteiger partial charge in [-0.15, -0.1) is 11.8 Å². The maximum absolute atomic E-state index is 12.6. The van der Waals surface area contributed by atoms with Crippen LogP contribution in [0.3, 0.4) is 0 Å². The Labute approximate surface area is 125 Å². The number of non-ortho nitro benzene ring substituents is 1. The smallest absolute Gasteiger partial charge is 0.322 e. The van der Waals surface area contributed by atoms with E-state index in [2.05, 4.69) is 0 Å². The zero-order chi connectivity index (χ0) is 15.8. The highest BCUT2D eigenvalue weighted by Crippen LogP contribution is 2.34. The van der Waals surface area contributed by atoms with E-state index < -0.39 is 32.3 Å². The summed E-state index contributed by atoms with van der Waals surface area (Å²) in [4.78, 5) is 20.9. The molecule has 1 heterocycles. The standard InChI is InChI=1S/C11H12N2O6S2/c1-7-12(10(6-20-7)11(14)15)21(18,19)9-4-2-3-8(5-9)13(16)17/h2-5,7,10H,6H2,1H3,(H,14,15). The Morgan fingerprint density at radius 2 is 2.19 bits per heavy atom. The third kappa shape index (κ3) is 2.87. The Morgan fingerprint density at radius 1 is 1.52 bits per heavy atom. The third-order valence-corrected chi connectivity index (χ3v) is 6.38. The molecule has 0 spiro atoms. The number of sulfonamides is 1. The number of nitro groups is 1. The molecule has 1 fully saturated rings. The van der Waals surface area contributed by atoms with Crippen LogP contribution < -0.4 is 0 Å². The monoisotopic (exact) mass is 332 g/mol. The van der Waals surface area contributed by atoms with E-state index in [4.69, 9.17) is 5.11 Å². The van der Waals surface area contributed by atoms with Crippen LogP contribution in [0.25, 0.3) is 0 Å². The minimum absolute atomic E-state index is 0.144. The highest BCUT2D eigenvalue weighted by Gasteiger charge is 2.44. The van der Waals surface area contributed by atoms with Gasteiger partial charge in [-0.1, -0.05) is 6.07 Å². The number of carboxylic acid groups (broad SMARTS) is 1. The lowest BCUT2D eigenvalue weighted by molar-refractivity contribution is -0.385. The van der Waals surface area contributed by atoms with Gasteiger partial charge in [0.05, 0.1) is 15.2 Å². The van der Waals surface area contributed by atoms with E-state index in [0.29, 0.717) is 0 Å². The molecule has 1 N–H and O–H groups in total. The molecule has 2 rings (SSSR count). The minimum atomic E-state index is -4.11. The molecule has 1 aromatic rings. The molecule has 114 valence electrons. The summed E-state index contributed by atoms with van der Waals surface area (Å²) in [5, 5.41) is 19.3. The maximum Gasteiger partial charge on any atom is 0.322 e. The van der Waals surface area contributed by atoms with Gasteiger partial charge < -0.3 is 5.11 Å². The molecule has 8 nitrogen and oxygen atoms in total. The molecule has 2 unspecified atom stereocenters. The van der Waals surface area contributed by atoms with Gasteiger partial charge in [0.1, 0.15) is 6.04 Å². The number of carboxylic acids is 1. The lowest BCUT2D eigenvalue weighted by Gasteiger charge is -2.24. The average Bonchev–Trinajstić information content (AvgIpc) is 2.81. The van der Waals surface area contributed by atoms with Crippen molar-refractivity contribution in [3.8, 4) is 0 Å². The van der Waals surface area contributed by atoms with Gasteiger partial charge in [0.15, 0.2) is 0 Å². The van der Waals surface area contributed by atoms with Crippen molar-refractivity contribution in [3.63, 3.8) is 0 Å². The number of rotatable bonds is 4. The van der Waals surface area contributed by atoms with E-state index in [0.717, 1.165) is 10.4 Å². The van der Waals surface area contributed by atoms with Crippen molar-refractivity contribution in [1.82, 2.24) is 4.31 Å². The van der Waals surface area contributed by atoms with Crippen LogP contribution in [-0.2, 0) is 14.8 Å². The lowest BCUT2D eigenvalue weighted by Crippen LogP contribution is -2.44. The second-order valence-electron chi connectivity index (χ2n) is 4.38. The Morgan fingerprint density at radius 3 is 2.76 bits per heavy atom. The zero-order valence-electron chi connectivity index (χ0n) is 10.9. The van der Waals surface area contributed by atoms with Crippen LogP contribution in [-0.4, -0.2) is 45.9 Å². The van der Waals surface area contributed by atoms with Crippen LogP contribution in [0.5, 0.6) is 0 Å². The highest BCUT2D eigenvalue weighted by atomic mass is 32.2. The predicted molar refractivity (Wildman–Crippen MR) is 75.5 cm³/mol. The molecular weight excluding hydrogens is 320 g/mol. The molecule has 0 saturated carbocycles. The van der Waals surface area contributed by atoms with Gasteiger partial charge in [-0.25, -0.2) is 8.42 Å². The first-order chi connectivity index (χ1) is 9.75. The van der Waals surface area contributed by atoms with E-state index in [1.807, 2.05) is 0 Å². The molecule has 0 aliphatic carbocycles. The fraction of sp³-hybridized carbons (Fsp3) is 0.364. The summed E-state index contributed by atoms with van der Waals surface area (Å²) in [7, 11) is -4.11. The van der Waals surface area contributed by atoms with E-state index in [1.165, 1.54) is 30.0 Å². The van der Waals surface area contributed by atoms with E-state index >= 15 is 0 Å². The number of nitro benzene ring substituents is 1. The average molecular weight is 332 g/mol. The van der Waals surface area contributed by atoms with Crippen molar-refractivity contribution in [2.75, 3.05) is 5.75 Å². The lowest BCUT2D eigenvalue weighted by atomic mass is 10.3. The van der Waals surface area contributed by atoms with Crippen LogP contribution >= 0.6 is 11.8 Å². The Kier molecular flexibility index (Phi) is 4.21. The zero-order valence-corrected chi connectivity index (χ0v) is 12.5. The molecule has 1 aliphatic rings. The van der Waals surface area contributed by atoms with Crippen molar-refractivity contribution in [1.29, 1.82) is 0 Å². The first-order valence-corrected chi connectivity index (χ1v) is 8.36. The number of carbonyl (C=O) groups is 1. The Hall–Kier alpha value is -1.65. The third-order valence-electron chi connectivity index (χ3n) is 3.05. The number of thioether (sulfide) groups is 1. The Bertz CT molecular complexity index is 690. The number of nitrogens with zero attached hydrogens (tertiary/aromatic N) is 2. The summed E-state index contributed by atoms with van der Waals surface area (Å²) in [6.07, 6.45) is 0. The molecule has 0 bridgehead atoms. The van der Waals surface area contributed by atoms with Gasteiger partial charge in [0.25, 0.3) is 5.69 Å². The number of aliphatic carboxylic acids is 1. The number of benzene rings is 1. The predicted octanol–water partition coefficient (Wildman–Crippen LogP) is 1.13. The molecule has 1 aliphatic heterocycles. The summed E-state index contributed by atoms with van der Waals surface area (Å²) in [6.45, 7) is 1.59. The van der Waals surface area contributed by atoms with Crippen molar-refractivity contribution >= 4 is 33.4 Å². The maximum atomic E-state index is 12.6. The molecule has 0 aromatic heterocycles. The molecule has 0 amide bonds. The summed E-state index contributed by atoms with van der Waals surface area (Å²) in [6, 6.07) is 3.42. The van der Waals surface area contributed by atoms with Crippen molar-refractivity contribution in [2.24, 2.45) is 0 Å². The second kappa shape index (κ2) is 5.62. The van der Waals surface area contributed by atoms with Crippen molar-refractivity contribution < 1.29 is 23.2 Å². The molecule has 21 heavy (non-hydrogen) atoms. The largest absolute Gasteiger partial charge is 0.480 e. The summed E-state index contributed by atoms with van der Waals surface area (Å²) in [5.74, 6) is -1.09. The van der Waals surface area contributed by atoms with E-state index in [9.17, 15) is 23.3 Å². The molecule has 1 aromatic carbocycles. The topological polar surface area (TPSA) is 118 Å². The Balaban J connectivity index is 2.48. The van der Waals surface area contributed by atoms with Crippen LogP contribution in [0.15, 0.2) is 29.2 Å². The quantitative estimate of drug-likeness (QED) is 0.648. The van der Waals surface area contributed by atoms with Crippen LogP contribution in [0.1, 0.15) is 6.92 Å². The van der Waals surface area contributed by atoms with Crippen molar-refractivity contribution in [3.05, 3.63) is 34.4 Å². The van der Waals surface area contributed by atoms with Crippen molar-refractivity contribution in [2.45, 2.75) is 23.2 Å². The fourth-order valence-corrected chi connectivity index (χ4v) is 5.38. The van der Waals surface area contributed by atoms with E-state index in [1.54, 1.807) is 6.92 Å². The van der Waals surface area contributed by atoms with Crippen LogP contribution in [0.2, 0.25) is 0 Å². The summed E-state index contributed by atoms with van der Waals surface area (Å²) < 4.78 is 26.0. The SMILES string of the molecule is CC1SCC(C(=O)O)N1S(=O)(=O)c1cccc([N+](=O)[O-])c1. The molecule has 2 atom stereocenters. The van der Waals surface area contributed by atoms with Gasteiger partial charge in [-0.3, -0.25) is 14.9 Å². The summed E-state index contributed by atoms with van der Waals surface area (Å²) in [5.41, 5.74) is -0.359. The van der Waals surface area contributed by atoms with Gasteiger partial charge >= 0.3 is 5.97 Å². The minimum Gasteiger partial charge on any atom is -0.480 e. The number of hydrogen-bond donors (Lipinski definition) is 1. The van der Waals surface area contributed by atoms with E-state index in [-0.39, 0.29) is 16.3 Å². The van der Waals surface area contributed by atoms with Gasteiger partial charge in [0.2, 0.25) is 10.0 Å². The molecule has 0 radical (unpaired) electrons. The van der Waals surface area contributed by atoms with Crippen LogP contribution in [0, 0.1) is 10.1 Å². The fourth-order valence-electron chi connectivity index (χ4n) is 2.05. The van der Waals surface area contributed by atoms with Gasteiger partial charge in [-0.2, -0.15) is 4.31 Å². The molecular formula is C11H12N2O6S2. The highest BCUT2D eigenvalue weighted by molar-refractivity contribution is 8.01. The first kappa shape index (κ1) is 15.7. The van der Waals surface area contributed by atoms with Crippen LogP contribution in [0.4, 0.5) is 5.69 Å². The van der Waals surface area contributed by atoms with Gasteiger partial charge in [0, 0.05) is 17.9 Å². The second-order valence-corrected chi connectivity index (χ2v) is 7.57. The normalized spacial score (nSPS) is 23.1.